The van der Waals surface area contributed by atoms with Crippen LogP contribution in [0.2, 0.25) is 0 Å². The monoisotopic (exact) mass is 326 g/mol. The van der Waals surface area contributed by atoms with E-state index >= 15 is 0 Å². The van der Waals surface area contributed by atoms with Crippen LogP contribution in [0.1, 0.15) is 38.7 Å². The minimum Gasteiger partial charge on any atom is -0.398 e. The minimum atomic E-state index is -0.198. The molecule has 0 aromatic heterocycles. The summed E-state index contributed by atoms with van der Waals surface area (Å²) < 4.78 is 0. The Bertz CT molecular complexity index is 685. The maximum atomic E-state index is 12.2. The van der Waals surface area contributed by atoms with Gasteiger partial charge in [0.25, 0.3) is 5.91 Å². The number of nitrogens with one attached hydrogen (secondary N) is 1. The Hall–Kier alpha value is -2.36. The van der Waals surface area contributed by atoms with E-state index in [0.29, 0.717) is 5.71 Å². The summed E-state index contributed by atoms with van der Waals surface area (Å²) in [6.45, 7) is 4.29. The van der Waals surface area contributed by atoms with Gasteiger partial charge in [-0.15, -0.1) is 0 Å². The molecule has 1 N–H and O–H groups in total. The molecule has 1 aliphatic carbocycles. The molecule has 1 aromatic rings. The van der Waals surface area contributed by atoms with Crippen LogP contribution in [0.25, 0.3) is 0 Å². The number of carbonyl (C=O) groups excluding carboxylic acids is 1. The second-order valence-corrected chi connectivity index (χ2v) is 6.18. The first-order chi connectivity index (χ1) is 11.6. The highest BCUT2D eigenvalue weighted by atomic mass is 16.6. The average molecular weight is 326 g/mol. The van der Waals surface area contributed by atoms with Crippen LogP contribution in [-0.2, 0) is 16.1 Å². The van der Waals surface area contributed by atoms with Crippen molar-refractivity contribution in [3.63, 3.8) is 0 Å². The maximum absolute atomic E-state index is 12.2. The predicted molar refractivity (Wildman–Crippen MR) is 97.9 cm³/mol. The van der Waals surface area contributed by atoms with Gasteiger partial charge in [0.1, 0.15) is 7.11 Å². The molecule has 0 saturated heterocycles. The molecular formula is C20H26N2O2. The van der Waals surface area contributed by atoms with Gasteiger partial charge >= 0.3 is 0 Å². The van der Waals surface area contributed by atoms with Crippen molar-refractivity contribution in [2.45, 2.75) is 39.5 Å². The molecule has 0 bridgehead atoms. The van der Waals surface area contributed by atoms with Crippen LogP contribution in [-0.4, -0.2) is 25.8 Å². The quantitative estimate of drug-likeness (QED) is 0.491. The number of carbonyl (C=O) groups is 1. The third-order valence-corrected chi connectivity index (χ3v) is 4.54. The highest BCUT2D eigenvalue weighted by Crippen LogP contribution is 2.33. The molecule has 1 aromatic carbocycles. The van der Waals surface area contributed by atoms with Crippen molar-refractivity contribution in [3.8, 4) is 0 Å². The summed E-state index contributed by atoms with van der Waals surface area (Å²) in [6.07, 6.45) is 3.53. The molecule has 0 unspecified atom stereocenters. The van der Waals surface area contributed by atoms with Gasteiger partial charge in [-0.2, -0.15) is 0 Å². The van der Waals surface area contributed by atoms with Gasteiger partial charge in [-0.3, -0.25) is 4.79 Å². The molecule has 4 heteroatoms. The van der Waals surface area contributed by atoms with Crippen LogP contribution in [0.4, 0.5) is 0 Å². The summed E-state index contributed by atoms with van der Waals surface area (Å²) in [5.41, 5.74) is 6.68. The van der Waals surface area contributed by atoms with E-state index in [9.17, 15) is 4.79 Å². The number of benzene rings is 1. The zero-order valence-corrected chi connectivity index (χ0v) is 15.0. The van der Waals surface area contributed by atoms with Gasteiger partial charge in [0, 0.05) is 7.05 Å². The number of aryl methyl sites for hydroxylation is 1. The normalized spacial score (nSPS) is 15.6. The molecule has 1 amide bonds. The molecule has 4 nitrogen and oxygen atoms in total. The lowest BCUT2D eigenvalue weighted by molar-refractivity contribution is -0.114. The van der Waals surface area contributed by atoms with Gasteiger partial charge in [-0.25, -0.2) is 0 Å². The molecule has 0 heterocycles. The molecule has 0 spiro atoms. The van der Waals surface area contributed by atoms with E-state index in [1.807, 2.05) is 6.07 Å². The summed E-state index contributed by atoms with van der Waals surface area (Å²) in [5, 5.41) is 6.68. The zero-order chi connectivity index (χ0) is 17.5. The van der Waals surface area contributed by atoms with Crippen molar-refractivity contribution >= 4 is 11.6 Å². The topological polar surface area (TPSA) is 50.7 Å². The number of nitrogens with zero attached hydrogens (tertiary/aromatic N) is 1. The number of hydrogen-bond acceptors (Lipinski definition) is 3. The summed E-state index contributed by atoms with van der Waals surface area (Å²) in [6, 6.07) is 10.4. The maximum Gasteiger partial charge on any atom is 0.273 e. The standard InChI is InChI=1S/C20H26N2O2/c1-14-12-17(11-10-16-8-6-5-7-9-16)18(13-15(14)2)19(22-24-4)20(23)21-3/h5-9H,10-13H2,1-4H3,(H,21,23)/b22-19-. The Balaban J connectivity index is 2.31. The Labute approximate surface area is 144 Å². The first kappa shape index (κ1) is 18.0. The summed E-state index contributed by atoms with van der Waals surface area (Å²) >= 11 is 0. The number of amides is 1. The molecule has 0 fully saturated rings. The number of allylic oxidation sites excluding steroid dienone is 3. The Morgan fingerprint density at radius 3 is 2.42 bits per heavy atom. The minimum absolute atomic E-state index is 0.198. The lowest BCUT2D eigenvalue weighted by atomic mass is 9.82. The smallest absolute Gasteiger partial charge is 0.273 e. The van der Waals surface area contributed by atoms with Gasteiger partial charge in [0.15, 0.2) is 5.71 Å². The predicted octanol–water partition coefficient (Wildman–Crippen LogP) is 3.79. The Morgan fingerprint density at radius 2 is 1.79 bits per heavy atom. The molecule has 24 heavy (non-hydrogen) atoms. The average Bonchev–Trinajstić information content (AvgIpc) is 2.60. The summed E-state index contributed by atoms with van der Waals surface area (Å²) in [4.78, 5) is 17.2. The molecule has 0 radical (unpaired) electrons. The van der Waals surface area contributed by atoms with Crippen molar-refractivity contribution < 1.29 is 9.63 Å². The fraction of sp³-hybridized carbons (Fsp3) is 0.400. The molecular weight excluding hydrogens is 300 g/mol. The van der Waals surface area contributed by atoms with E-state index in [-0.39, 0.29) is 5.91 Å². The number of oxime groups is 1. The number of rotatable bonds is 6. The van der Waals surface area contributed by atoms with Crippen molar-refractivity contribution in [3.05, 3.63) is 58.2 Å². The second kappa shape index (κ2) is 8.48. The van der Waals surface area contributed by atoms with Crippen LogP contribution in [0, 0.1) is 0 Å². The van der Waals surface area contributed by atoms with Gasteiger partial charge in [0.05, 0.1) is 0 Å². The van der Waals surface area contributed by atoms with Gasteiger partial charge in [-0.05, 0) is 50.7 Å². The first-order valence-corrected chi connectivity index (χ1v) is 8.30. The molecule has 0 saturated carbocycles. The third kappa shape index (κ3) is 4.34. The Morgan fingerprint density at radius 1 is 1.12 bits per heavy atom. The molecule has 128 valence electrons. The van der Waals surface area contributed by atoms with E-state index in [0.717, 1.165) is 31.3 Å². The van der Waals surface area contributed by atoms with Gasteiger partial charge < -0.3 is 10.2 Å². The van der Waals surface area contributed by atoms with E-state index in [1.165, 1.54) is 29.4 Å². The van der Waals surface area contributed by atoms with E-state index < -0.39 is 0 Å². The Kier molecular flexibility index (Phi) is 6.36. The van der Waals surface area contributed by atoms with Gasteiger partial charge in [-0.1, -0.05) is 52.2 Å². The van der Waals surface area contributed by atoms with E-state index in [1.54, 1.807) is 7.05 Å². The van der Waals surface area contributed by atoms with Crippen LogP contribution < -0.4 is 5.32 Å². The lowest BCUT2D eigenvalue weighted by Crippen LogP contribution is -2.30. The largest absolute Gasteiger partial charge is 0.398 e. The van der Waals surface area contributed by atoms with E-state index in [4.69, 9.17) is 4.84 Å². The molecule has 0 aliphatic heterocycles. The molecule has 0 atom stereocenters. The summed E-state index contributed by atoms with van der Waals surface area (Å²) in [5.74, 6) is -0.198. The summed E-state index contributed by atoms with van der Waals surface area (Å²) in [7, 11) is 3.10. The second-order valence-electron chi connectivity index (χ2n) is 6.18. The highest BCUT2D eigenvalue weighted by Gasteiger charge is 2.24. The third-order valence-electron chi connectivity index (χ3n) is 4.54. The van der Waals surface area contributed by atoms with Crippen LogP contribution >= 0.6 is 0 Å². The molecule has 1 aliphatic rings. The van der Waals surface area contributed by atoms with Crippen molar-refractivity contribution in [2.75, 3.05) is 14.2 Å². The van der Waals surface area contributed by atoms with Crippen molar-refractivity contribution in [2.24, 2.45) is 5.16 Å². The van der Waals surface area contributed by atoms with E-state index in [2.05, 4.69) is 48.6 Å². The first-order valence-electron chi connectivity index (χ1n) is 8.30. The zero-order valence-electron chi connectivity index (χ0n) is 15.0. The van der Waals surface area contributed by atoms with Crippen LogP contribution in [0.15, 0.2) is 57.8 Å². The van der Waals surface area contributed by atoms with Crippen LogP contribution in [0.5, 0.6) is 0 Å². The van der Waals surface area contributed by atoms with Crippen molar-refractivity contribution in [1.29, 1.82) is 0 Å². The fourth-order valence-corrected chi connectivity index (χ4v) is 2.99. The fourth-order valence-electron chi connectivity index (χ4n) is 2.99. The SMILES string of the molecule is CNC(=O)/C(=N\OC)C1=C(CCc2ccccc2)CC(C)=C(C)C1. The molecule has 2 rings (SSSR count). The van der Waals surface area contributed by atoms with Crippen molar-refractivity contribution in [1.82, 2.24) is 5.32 Å². The van der Waals surface area contributed by atoms with Crippen LogP contribution in [0.3, 0.4) is 0 Å². The highest BCUT2D eigenvalue weighted by molar-refractivity contribution is 6.45. The lowest BCUT2D eigenvalue weighted by Gasteiger charge is -2.23. The van der Waals surface area contributed by atoms with Gasteiger partial charge in [0.2, 0.25) is 0 Å². The number of hydrogen-bond donors (Lipinski definition) is 1.